The van der Waals surface area contributed by atoms with Crippen molar-refractivity contribution in [3.8, 4) is 11.3 Å². The second-order valence-electron chi connectivity index (χ2n) is 9.54. The molecule has 0 unspecified atom stereocenters. The topological polar surface area (TPSA) is 117 Å². The number of morpholine rings is 1. The molecule has 0 amide bonds. The van der Waals surface area contributed by atoms with Gasteiger partial charge in [0.15, 0.2) is 0 Å². The number of nitrogens with one attached hydrogen (secondary N) is 1. The Balaban J connectivity index is 1.17. The van der Waals surface area contributed by atoms with E-state index in [-0.39, 0.29) is 24.3 Å². The van der Waals surface area contributed by atoms with Crippen LogP contribution in [0.5, 0.6) is 0 Å². The van der Waals surface area contributed by atoms with Gasteiger partial charge in [-0.25, -0.2) is 19.9 Å². The number of aromatic nitrogens is 6. The molecule has 0 aliphatic carbocycles. The molecule has 198 valence electrons. The van der Waals surface area contributed by atoms with Crippen LogP contribution in [-0.4, -0.2) is 92.3 Å². The van der Waals surface area contributed by atoms with Crippen molar-refractivity contribution >= 4 is 28.5 Å². The van der Waals surface area contributed by atoms with Gasteiger partial charge >= 0.3 is 0 Å². The van der Waals surface area contributed by atoms with Crippen LogP contribution in [0.2, 0.25) is 0 Å². The largest absolute Gasteiger partial charge is 0.395 e. The van der Waals surface area contributed by atoms with Gasteiger partial charge < -0.3 is 25.0 Å². The number of ether oxygens (including phenoxy) is 1. The SMILES string of the molecule is OCCN1CCC(n2cc(Nc3nccc(-c4ccc5nc(N6CCOCC6)ncc5c4)n3)c(F)n2)CC1. The van der Waals surface area contributed by atoms with E-state index >= 15 is 0 Å². The van der Waals surface area contributed by atoms with E-state index in [0.717, 1.165) is 55.5 Å². The molecular formula is C26H30FN9O2. The molecule has 0 spiro atoms. The van der Waals surface area contributed by atoms with Crippen molar-refractivity contribution in [1.82, 2.24) is 34.6 Å². The first kappa shape index (κ1) is 24.6. The molecule has 5 heterocycles. The quantitative estimate of drug-likeness (QED) is 0.377. The Morgan fingerprint density at radius 3 is 2.71 bits per heavy atom. The summed E-state index contributed by atoms with van der Waals surface area (Å²) in [6, 6.07) is 7.85. The third-order valence-electron chi connectivity index (χ3n) is 7.09. The maximum absolute atomic E-state index is 14.7. The molecule has 6 rings (SSSR count). The molecule has 0 saturated carbocycles. The summed E-state index contributed by atoms with van der Waals surface area (Å²) in [5.41, 5.74) is 2.68. The predicted molar refractivity (Wildman–Crippen MR) is 141 cm³/mol. The highest BCUT2D eigenvalue weighted by Crippen LogP contribution is 2.27. The van der Waals surface area contributed by atoms with E-state index in [0.29, 0.717) is 31.4 Å². The van der Waals surface area contributed by atoms with Crippen molar-refractivity contribution in [3.63, 3.8) is 0 Å². The van der Waals surface area contributed by atoms with Crippen LogP contribution >= 0.6 is 0 Å². The maximum atomic E-state index is 14.7. The molecule has 2 aliphatic rings. The van der Waals surface area contributed by atoms with Crippen LogP contribution in [0, 0.1) is 5.95 Å². The summed E-state index contributed by atoms with van der Waals surface area (Å²) < 4.78 is 21.8. The molecule has 2 N–H and O–H groups in total. The average molecular weight is 520 g/mol. The summed E-state index contributed by atoms with van der Waals surface area (Å²) in [6.45, 7) is 5.45. The Labute approximate surface area is 219 Å². The summed E-state index contributed by atoms with van der Waals surface area (Å²) in [7, 11) is 0. The number of likely N-dealkylation sites (tertiary alicyclic amines) is 1. The number of hydrogen-bond acceptors (Lipinski definition) is 10. The molecule has 2 aliphatic heterocycles. The summed E-state index contributed by atoms with van der Waals surface area (Å²) in [5.74, 6) is 0.411. The smallest absolute Gasteiger partial charge is 0.256 e. The lowest BCUT2D eigenvalue weighted by Gasteiger charge is -2.31. The van der Waals surface area contributed by atoms with Crippen LogP contribution in [0.1, 0.15) is 18.9 Å². The normalized spacial score (nSPS) is 17.3. The molecule has 11 nitrogen and oxygen atoms in total. The fraction of sp³-hybridized carbons (Fsp3) is 0.423. The second-order valence-corrected chi connectivity index (χ2v) is 9.54. The van der Waals surface area contributed by atoms with Gasteiger partial charge in [-0.2, -0.15) is 4.39 Å². The zero-order valence-electron chi connectivity index (χ0n) is 21.0. The number of aliphatic hydroxyl groups excluding tert-OH is 1. The zero-order chi connectivity index (χ0) is 25.9. The first-order valence-electron chi connectivity index (χ1n) is 12.9. The number of aliphatic hydroxyl groups is 1. The van der Waals surface area contributed by atoms with E-state index in [2.05, 4.69) is 35.2 Å². The lowest BCUT2D eigenvalue weighted by atomic mass is 10.1. The van der Waals surface area contributed by atoms with Crippen LogP contribution in [0.15, 0.2) is 42.9 Å². The maximum Gasteiger partial charge on any atom is 0.256 e. The van der Waals surface area contributed by atoms with E-state index in [1.807, 2.05) is 30.5 Å². The molecule has 3 aromatic heterocycles. The minimum atomic E-state index is -0.587. The number of nitrogens with zero attached hydrogens (tertiary/aromatic N) is 8. The highest BCUT2D eigenvalue weighted by atomic mass is 19.1. The zero-order valence-corrected chi connectivity index (χ0v) is 21.0. The molecular weight excluding hydrogens is 489 g/mol. The predicted octanol–water partition coefficient (Wildman–Crippen LogP) is 2.63. The lowest BCUT2D eigenvalue weighted by molar-refractivity contribution is 0.122. The van der Waals surface area contributed by atoms with Crippen molar-refractivity contribution in [2.24, 2.45) is 0 Å². The van der Waals surface area contributed by atoms with Crippen LogP contribution in [0.3, 0.4) is 0 Å². The van der Waals surface area contributed by atoms with Gasteiger partial charge in [0, 0.05) is 56.1 Å². The van der Waals surface area contributed by atoms with Gasteiger partial charge in [-0.15, -0.1) is 5.10 Å². The molecule has 12 heteroatoms. The molecule has 0 atom stereocenters. The Morgan fingerprint density at radius 1 is 1.05 bits per heavy atom. The number of benzene rings is 1. The summed E-state index contributed by atoms with van der Waals surface area (Å²) in [6.07, 6.45) is 6.86. The highest BCUT2D eigenvalue weighted by molar-refractivity contribution is 5.84. The van der Waals surface area contributed by atoms with E-state index in [1.54, 1.807) is 17.1 Å². The van der Waals surface area contributed by atoms with Gasteiger partial charge in [-0.3, -0.25) is 4.68 Å². The molecule has 4 aromatic rings. The number of fused-ring (bicyclic) bond motifs is 1. The van der Waals surface area contributed by atoms with Crippen LogP contribution in [-0.2, 0) is 4.74 Å². The first-order valence-corrected chi connectivity index (χ1v) is 12.9. The molecule has 0 radical (unpaired) electrons. The van der Waals surface area contributed by atoms with Gasteiger partial charge in [0.25, 0.3) is 5.95 Å². The highest BCUT2D eigenvalue weighted by Gasteiger charge is 2.23. The second kappa shape index (κ2) is 10.9. The first-order chi connectivity index (χ1) is 18.7. The Morgan fingerprint density at radius 2 is 1.89 bits per heavy atom. The van der Waals surface area contributed by atoms with E-state index in [1.165, 1.54) is 0 Å². The molecule has 1 aromatic carbocycles. The third kappa shape index (κ3) is 5.28. The lowest BCUT2D eigenvalue weighted by Crippen LogP contribution is -2.37. The summed E-state index contributed by atoms with van der Waals surface area (Å²) >= 11 is 0. The fourth-order valence-electron chi connectivity index (χ4n) is 4.99. The molecule has 2 fully saturated rings. The van der Waals surface area contributed by atoms with Crippen LogP contribution in [0.4, 0.5) is 22.0 Å². The Kier molecular flexibility index (Phi) is 7.08. The number of hydrogen-bond donors (Lipinski definition) is 2. The van der Waals surface area contributed by atoms with Crippen molar-refractivity contribution in [3.05, 3.63) is 48.8 Å². The molecule has 2 saturated heterocycles. The Hall–Kier alpha value is -3.74. The van der Waals surface area contributed by atoms with Gasteiger partial charge in [0.1, 0.15) is 5.69 Å². The number of halogens is 1. The van der Waals surface area contributed by atoms with E-state index in [9.17, 15) is 4.39 Å². The number of β-amino-alcohol motifs (C(OH)–C–C–N with tert-alkyl or cyclic N) is 1. The van der Waals surface area contributed by atoms with Gasteiger partial charge in [0.05, 0.1) is 43.3 Å². The van der Waals surface area contributed by atoms with Crippen LogP contribution < -0.4 is 10.2 Å². The van der Waals surface area contributed by atoms with Gasteiger partial charge in [-0.05, 0) is 31.0 Å². The average Bonchev–Trinajstić information content (AvgIpc) is 3.33. The van der Waals surface area contributed by atoms with Crippen molar-refractivity contribution in [2.45, 2.75) is 18.9 Å². The molecule has 38 heavy (non-hydrogen) atoms. The Bertz CT molecular complexity index is 1400. The number of rotatable bonds is 7. The van der Waals surface area contributed by atoms with E-state index < -0.39 is 5.95 Å². The number of anilines is 3. The minimum Gasteiger partial charge on any atom is -0.395 e. The molecule has 0 bridgehead atoms. The van der Waals surface area contributed by atoms with E-state index in [4.69, 9.17) is 14.8 Å². The van der Waals surface area contributed by atoms with Crippen LogP contribution in [0.25, 0.3) is 22.2 Å². The van der Waals surface area contributed by atoms with Crippen molar-refractivity contribution < 1.29 is 14.2 Å². The number of piperidine rings is 1. The van der Waals surface area contributed by atoms with Gasteiger partial charge in [-0.1, -0.05) is 6.07 Å². The summed E-state index contributed by atoms with van der Waals surface area (Å²) in [4.78, 5) is 22.5. The monoisotopic (exact) mass is 519 g/mol. The minimum absolute atomic E-state index is 0.117. The summed E-state index contributed by atoms with van der Waals surface area (Å²) in [5, 5.41) is 17.1. The fourth-order valence-corrected chi connectivity index (χ4v) is 4.99. The van der Waals surface area contributed by atoms with Crippen molar-refractivity contribution in [1.29, 1.82) is 0 Å². The van der Waals surface area contributed by atoms with Gasteiger partial charge in [0.2, 0.25) is 11.9 Å². The third-order valence-corrected chi connectivity index (χ3v) is 7.09. The standard InChI is InChI=1S/C26H30FN9O2/c27-24-23(17-36(33-24)20-4-7-34(8-5-20)9-12-37)31-25-28-6-3-22(30-25)18-1-2-21-19(15-18)16-29-26(32-21)35-10-13-38-14-11-35/h1-3,6,15-17,20,37H,4-5,7-14H2,(H,28,30,31). The van der Waals surface area contributed by atoms with Crippen molar-refractivity contribution in [2.75, 3.05) is 62.8 Å².